The number of nitrogens with one attached hydrogen (secondary N) is 1. The van der Waals surface area contributed by atoms with E-state index in [-0.39, 0.29) is 10.9 Å². The van der Waals surface area contributed by atoms with E-state index in [0.29, 0.717) is 18.1 Å². The fraction of sp³-hybridized carbons (Fsp3) is 0.571. The number of rotatable bonds is 4. The lowest BCUT2D eigenvalue weighted by Crippen LogP contribution is -2.47. The van der Waals surface area contributed by atoms with E-state index < -0.39 is 10.0 Å². The first kappa shape index (κ1) is 15.8. The Labute approximate surface area is 126 Å². The van der Waals surface area contributed by atoms with Gasteiger partial charge in [0.1, 0.15) is 4.90 Å². The van der Waals surface area contributed by atoms with Crippen LogP contribution >= 0.6 is 11.6 Å². The minimum absolute atomic E-state index is 0.0103. The van der Waals surface area contributed by atoms with Crippen LogP contribution in [-0.2, 0) is 10.0 Å². The standard InChI is InChI=1S/C14H21ClN2O2S/c1-11-6-7-14(13(15)9-11)20(18,19)17-8-4-3-5-12(17)10-16-2/h6-7,9,12,16H,3-5,8,10H2,1-2H3. The third-order valence-corrected chi connectivity index (χ3v) is 6.12. The Morgan fingerprint density at radius 2 is 2.15 bits per heavy atom. The normalized spacial score (nSPS) is 21.1. The number of benzene rings is 1. The Hall–Kier alpha value is -0.620. The molecule has 0 aliphatic carbocycles. The zero-order valence-corrected chi connectivity index (χ0v) is 13.5. The summed E-state index contributed by atoms with van der Waals surface area (Å²) in [6, 6.07) is 5.11. The SMILES string of the molecule is CNCC1CCCCN1S(=O)(=O)c1ccc(C)cc1Cl. The molecule has 2 rings (SSSR count). The van der Waals surface area contributed by atoms with E-state index in [1.54, 1.807) is 22.5 Å². The summed E-state index contributed by atoms with van der Waals surface area (Å²) in [5.74, 6) is 0. The molecule has 0 spiro atoms. The summed E-state index contributed by atoms with van der Waals surface area (Å²) in [6.45, 7) is 3.13. The summed E-state index contributed by atoms with van der Waals surface area (Å²) in [6.07, 6.45) is 2.87. The second-order valence-electron chi connectivity index (χ2n) is 5.26. The molecule has 1 N–H and O–H groups in total. The number of nitrogens with zero attached hydrogens (tertiary/aromatic N) is 1. The van der Waals surface area contributed by atoms with Crippen LogP contribution in [0.15, 0.2) is 23.1 Å². The summed E-state index contributed by atoms with van der Waals surface area (Å²) in [4.78, 5) is 0.216. The minimum Gasteiger partial charge on any atom is -0.318 e. The van der Waals surface area contributed by atoms with Gasteiger partial charge in [0.25, 0.3) is 0 Å². The molecule has 6 heteroatoms. The van der Waals surface area contributed by atoms with E-state index in [0.717, 1.165) is 24.8 Å². The fourth-order valence-electron chi connectivity index (χ4n) is 2.67. The van der Waals surface area contributed by atoms with Gasteiger partial charge in [-0.2, -0.15) is 4.31 Å². The number of sulfonamides is 1. The van der Waals surface area contributed by atoms with Crippen molar-refractivity contribution in [3.63, 3.8) is 0 Å². The average molecular weight is 317 g/mol. The zero-order chi connectivity index (χ0) is 14.8. The molecule has 0 saturated carbocycles. The molecule has 0 bridgehead atoms. The molecule has 112 valence electrons. The number of hydrogen-bond acceptors (Lipinski definition) is 3. The van der Waals surface area contributed by atoms with Gasteiger partial charge >= 0.3 is 0 Å². The van der Waals surface area contributed by atoms with E-state index >= 15 is 0 Å². The van der Waals surface area contributed by atoms with Gasteiger partial charge in [-0.15, -0.1) is 0 Å². The Kier molecular flexibility index (Phi) is 5.07. The van der Waals surface area contributed by atoms with E-state index in [4.69, 9.17) is 11.6 Å². The Morgan fingerprint density at radius 3 is 2.80 bits per heavy atom. The van der Waals surface area contributed by atoms with Crippen LogP contribution in [0.25, 0.3) is 0 Å². The highest BCUT2D eigenvalue weighted by Crippen LogP contribution is 2.29. The summed E-state index contributed by atoms with van der Waals surface area (Å²) >= 11 is 6.14. The molecule has 1 fully saturated rings. The van der Waals surface area contributed by atoms with Gasteiger partial charge < -0.3 is 5.32 Å². The van der Waals surface area contributed by atoms with Gasteiger partial charge in [-0.3, -0.25) is 0 Å². The molecular weight excluding hydrogens is 296 g/mol. The van der Waals surface area contributed by atoms with Crippen molar-refractivity contribution in [1.82, 2.24) is 9.62 Å². The van der Waals surface area contributed by atoms with Gasteiger partial charge in [-0.05, 0) is 44.5 Å². The quantitative estimate of drug-likeness (QED) is 0.928. The van der Waals surface area contributed by atoms with E-state index in [1.165, 1.54) is 0 Å². The van der Waals surface area contributed by atoms with Crippen LogP contribution in [-0.4, -0.2) is 38.9 Å². The van der Waals surface area contributed by atoms with Crippen molar-refractivity contribution >= 4 is 21.6 Å². The molecule has 1 atom stereocenters. The Balaban J connectivity index is 2.37. The fourth-order valence-corrected chi connectivity index (χ4v) is 4.94. The van der Waals surface area contributed by atoms with Gasteiger partial charge in [0.05, 0.1) is 5.02 Å². The highest BCUT2D eigenvalue weighted by Gasteiger charge is 2.34. The second-order valence-corrected chi connectivity index (χ2v) is 7.52. The van der Waals surface area contributed by atoms with Gasteiger partial charge in [0.15, 0.2) is 0 Å². The molecule has 4 nitrogen and oxygen atoms in total. The first-order valence-electron chi connectivity index (χ1n) is 6.89. The monoisotopic (exact) mass is 316 g/mol. The van der Waals surface area contributed by atoms with Gasteiger partial charge in [-0.25, -0.2) is 8.42 Å². The van der Waals surface area contributed by atoms with Crippen molar-refractivity contribution in [2.75, 3.05) is 20.1 Å². The molecule has 0 aromatic heterocycles. The van der Waals surface area contributed by atoms with Crippen LogP contribution in [0, 0.1) is 6.92 Å². The molecular formula is C14H21ClN2O2S. The van der Waals surface area contributed by atoms with Crippen LogP contribution in [0.4, 0.5) is 0 Å². The highest BCUT2D eigenvalue weighted by molar-refractivity contribution is 7.89. The third-order valence-electron chi connectivity index (χ3n) is 3.69. The van der Waals surface area contributed by atoms with Crippen LogP contribution in [0.1, 0.15) is 24.8 Å². The molecule has 20 heavy (non-hydrogen) atoms. The number of halogens is 1. The van der Waals surface area contributed by atoms with E-state index in [1.807, 2.05) is 14.0 Å². The van der Waals surface area contributed by atoms with Crippen molar-refractivity contribution in [3.05, 3.63) is 28.8 Å². The largest absolute Gasteiger partial charge is 0.318 e. The van der Waals surface area contributed by atoms with Crippen molar-refractivity contribution in [2.24, 2.45) is 0 Å². The zero-order valence-electron chi connectivity index (χ0n) is 11.9. The van der Waals surface area contributed by atoms with Crippen LogP contribution in [0.3, 0.4) is 0 Å². The lowest BCUT2D eigenvalue weighted by Gasteiger charge is -2.34. The maximum atomic E-state index is 12.8. The van der Waals surface area contributed by atoms with Crippen molar-refractivity contribution in [2.45, 2.75) is 37.1 Å². The van der Waals surface area contributed by atoms with Gasteiger partial charge in [0.2, 0.25) is 10.0 Å². The number of likely N-dealkylation sites (N-methyl/N-ethyl adjacent to an activating group) is 1. The van der Waals surface area contributed by atoms with E-state index in [2.05, 4.69) is 5.32 Å². The lowest BCUT2D eigenvalue weighted by molar-refractivity contribution is 0.249. The second kappa shape index (κ2) is 6.43. The predicted molar refractivity (Wildman–Crippen MR) is 81.6 cm³/mol. The molecule has 1 aromatic carbocycles. The molecule has 0 radical (unpaired) electrons. The number of hydrogen-bond donors (Lipinski definition) is 1. The van der Waals surface area contributed by atoms with E-state index in [9.17, 15) is 8.42 Å². The smallest absolute Gasteiger partial charge is 0.244 e. The highest BCUT2D eigenvalue weighted by atomic mass is 35.5. The molecule has 1 heterocycles. The van der Waals surface area contributed by atoms with Crippen molar-refractivity contribution in [3.8, 4) is 0 Å². The van der Waals surface area contributed by atoms with Crippen molar-refractivity contribution < 1.29 is 8.42 Å². The lowest BCUT2D eigenvalue weighted by atomic mass is 10.1. The molecule has 1 saturated heterocycles. The number of piperidine rings is 1. The predicted octanol–water partition coefficient (Wildman–Crippen LogP) is 2.41. The average Bonchev–Trinajstić information content (AvgIpc) is 2.39. The first-order chi connectivity index (χ1) is 9.46. The maximum absolute atomic E-state index is 12.8. The molecule has 1 aliphatic rings. The molecule has 1 aromatic rings. The molecule has 1 aliphatic heterocycles. The Morgan fingerprint density at radius 1 is 1.40 bits per heavy atom. The summed E-state index contributed by atoms with van der Waals surface area (Å²) in [5, 5.41) is 3.38. The van der Waals surface area contributed by atoms with Crippen LogP contribution in [0.5, 0.6) is 0 Å². The van der Waals surface area contributed by atoms with Crippen LogP contribution < -0.4 is 5.32 Å². The number of aryl methyl sites for hydroxylation is 1. The third kappa shape index (κ3) is 3.17. The van der Waals surface area contributed by atoms with Gasteiger partial charge in [0, 0.05) is 19.1 Å². The summed E-state index contributed by atoms with van der Waals surface area (Å²) in [7, 11) is -1.67. The van der Waals surface area contributed by atoms with Crippen LogP contribution in [0.2, 0.25) is 5.02 Å². The van der Waals surface area contributed by atoms with Gasteiger partial charge in [-0.1, -0.05) is 24.1 Å². The Bertz CT molecular complexity index is 573. The topological polar surface area (TPSA) is 49.4 Å². The first-order valence-corrected chi connectivity index (χ1v) is 8.71. The summed E-state index contributed by atoms with van der Waals surface area (Å²) < 4.78 is 27.2. The summed E-state index contributed by atoms with van der Waals surface area (Å²) in [5.41, 5.74) is 0.958. The molecule has 0 amide bonds. The van der Waals surface area contributed by atoms with Crippen molar-refractivity contribution in [1.29, 1.82) is 0 Å². The minimum atomic E-state index is -3.52. The molecule has 1 unspecified atom stereocenters. The maximum Gasteiger partial charge on any atom is 0.244 e.